The summed E-state index contributed by atoms with van der Waals surface area (Å²) in [5.41, 5.74) is 5.86. The van der Waals surface area contributed by atoms with Gasteiger partial charge in [0.25, 0.3) is 0 Å². The Bertz CT molecular complexity index is 314. The number of carbonyl (C=O) groups excluding carboxylic acids is 1. The number of hydrogen-bond acceptors (Lipinski definition) is 4. The van der Waals surface area contributed by atoms with Gasteiger partial charge in [-0.05, 0) is 12.5 Å². The van der Waals surface area contributed by atoms with E-state index < -0.39 is 0 Å². The highest BCUT2D eigenvalue weighted by Crippen LogP contribution is 2.26. The van der Waals surface area contributed by atoms with Gasteiger partial charge in [0.1, 0.15) is 0 Å². The molecule has 2 N–H and O–H groups in total. The molecule has 78 valence electrons. The smallest absolute Gasteiger partial charge is 0.305 e. The van der Waals surface area contributed by atoms with Gasteiger partial charge in [-0.25, -0.2) is 0 Å². The highest BCUT2D eigenvalue weighted by molar-refractivity contribution is 7.10. The Labute approximate surface area is 91.8 Å². The van der Waals surface area contributed by atoms with Crippen LogP contribution in [0.3, 0.4) is 0 Å². The van der Waals surface area contributed by atoms with Crippen LogP contribution in [-0.2, 0) is 9.53 Å². The number of esters is 1. The van der Waals surface area contributed by atoms with E-state index in [4.69, 9.17) is 17.3 Å². The van der Waals surface area contributed by atoms with Crippen LogP contribution < -0.4 is 5.73 Å². The van der Waals surface area contributed by atoms with Crippen molar-refractivity contribution in [2.75, 3.05) is 7.11 Å². The Morgan fingerprint density at radius 2 is 2.50 bits per heavy atom. The molecule has 0 aliphatic heterocycles. The Balaban J connectivity index is 2.42. The molecule has 0 aliphatic rings. The summed E-state index contributed by atoms with van der Waals surface area (Å²) in [6.45, 7) is 0. The summed E-state index contributed by atoms with van der Waals surface area (Å²) in [5.74, 6) is -0.233. The number of ether oxygens (including phenoxy) is 1. The lowest BCUT2D eigenvalue weighted by molar-refractivity contribution is -0.140. The second kappa shape index (κ2) is 5.34. The molecule has 0 fully saturated rings. The SMILES string of the molecule is COC(=O)CCC(N)c1cc(Cl)cs1. The molecule has 0 spiro atoms. The average molecular weight is 234 g/mol. The second-order valence-corrected chi connectivity index (χ2v) is 4.27. The van der Waals surface area contributed by atoms with Crippen LogP contribution in [0.5, 0.6) is 0 Å². The molecule has 0 radical (unpaired) electrons. The fourth-order valence-corrected chi connectivity index (χ4v) is 2.16. The summed E-state index contributed by atoms with van der Waals surface area (Å²) in [7, 11) is 1.37. The predicted molar refractivity (Wildman–Crippen MR) is 57.5 cm³/mol. The fourth-order valence-electron chi connectivity index (χ4n) is 1.04. The van der Waals surface area contributed by atoms with E-state index in [0.29, 0.717) is 17.9 Å². The third kappa shape index (κ3) is 3.29. The number of thiophene rings is 1. The molecule has 1 atom stereocenters. The lowest BCUT2D eigenvalue weighted by atomic mass is 10.1. The first-order valence-corrected chi connectivity index (χ1v) is 5.45. The second-order valence-electron chi connectivity index (χ2n) is 2.89. The number of halogens is 1. The van der Waals surface area contributed by atoms with Crippen LogP contribution in [0, 0.1) is 0 Å². The monoisotopic (exact) mass is 233 g/mol. The van der Waals surface area contributed by atoms with Gasteiger partial charge in [0, 0.05) is 22.7 Å². The Morgan fingerprint density at radius 3 is 3.00 bits per heavy atom. The fraction of sp³-hybridized carbons (Fsp3) is 0.444. The molecule has 1 unspecified atom stereocenters. The topological polar surface area (TPSA) is 52.3 Å². The number of methoxy groups -OCH3 is 1. The first-order valence-electron chi connectivity index (χ1n) is 4.20. The third-order valence-electron chi connectivity index (χ3n) is 1.84. The van der Waals surface area contributed by atoms with Gasteiger partial charge in [-0.15, -0.1) is 11.3 Å². The van der Waals surface area contributed by atoms with Gasteiger partial charge in [0.05, 0.1) is 12.1 Å². The van der Waals surface area contributed by atoms with Crippen molar-refractivity contribution in [2.24, 2.45) is 5.73 Å². The molecule has 1 heterocycles. The molecule has 0 aromatic carbocycles. The molecule has 0 saturated carbocycles. The maximum Gasteiger partial charge on any atom is 0.305 e. The lowest BCUT2D eigenvalue weighted by Crippen LogP contribution is -2.11. The van der Waals surface area contributed by atoms with Crippen LogP contribution in [0.25, 0.3) is 0 Å². The average Bonchev–Trinajstić information content (AvgIpc) is 2.60. The quantitative estimate of drug-likeness (QED) is 0.813. The number of nitrogens with two attached hydrogens (primary N) is 1. The van der Waals surface area contributed by atoms with Crippen LogP contribution in [0.15, 0.2) is 11.4 Å². The van der Waals surface area contributed by atoms with Crippen LogP contribution in [-0.4, -0.2) is 13.1 Å². The van der Waals surface area contributed by atoms with Gasteiger partial charge >= 0.3 is 5.97 Å². The minimum absolute atomic E-state index is 0.133. The normalized spacial score (nSPS) is 12.5. The minimum Gasteiger partial charge on any atom is -0.469 e. The van der Waals surface area contributed by atoms with E-state index in [1.165, 1.54) is 18.4 Å². The lowest BCUT2D eigenvalue weighted by Gasteiger charge is -2.07. The third-order valence-corrected chi connectivity index (χ3v) is 3.25. The summed E-state index contributed by atoms with van der Waals surface area (Å²) in [5, 5.41) is 2.52. The van der Waals surface area contributed by atoms with Crippen molar-refractivity contribution in [1.29, 1.82) is 0 Å². The van der Waals surface area contributed by atoms with Gasteiger partial charge in [-0.3, -0.25) is 4.79 Å². The van der Waals surface area contributed by atoms with Gasteiger partial charge < -0.3 is 10.5 Å². The largest absolute Gasteiger partial charge is 0.469 e. The first-order chi connectivity index (χ1) is 6.63. The molecule has 0 saturated heterocycles. The maximum absolute atomic E-state index is 10.9. The van der Waals surface area contributed by atoms with Gasteiger partial charge in [-0.1, -0.05) is 11.6 Å². The van der Waals surface area contributed by atoms with E-state index in [9.17, 15) is 4.79 Å². The van der Waals surface area contributed by atoms with Crippen molar-refractivity contribution < 1.29 is 9.53 Å². The molecular formula is C9H12ClNO2S. The number of rotatable bonds is 4. The standard InChI is InChI=1S/C9H12ClNO2S/c1-13-9(12)3-2-7(11)8-4-6(10)5-14-8/h4-5,7H,2-3,11H2,1H3. The highest BCUT2D eigenvalue weighted by atomic mass is 35.5. The molecule has 0 bridgehead atoms. The maximum atomic E-state index is 10.9. The summed E-state index contributed by atoms with van der Waals surface area (Å²) >= 11 is 7.27. The molecule has 3 nitrogen and oxygen atoms in total. The van der Waals surface area contributed by atoms with Crippen LogP contribution >= 0.6 is 22.9 Å². The van der Waals surface area contributed by atoms with E-state index in [0.717, 1.165) is 4.88 Å². The minimum atomic E-state index is -0.233. The Morgan fingerprint density at radius 1 is 1.79 bits per heavy atom. The molecule has 1 aromatic heterocycles. The molecule has 0 aliphatic carbocycles. The van der Waals surface area contributed by atoms with Crippen molar-refractivity contribution in [3.63, 3.8) is 0 Å². The Hall–Kier alpha value is -0.580. The van der Waals surface area contributed by atoms with Crippen LogP contribution in [0.1, 0.15) is 23.8 Å². The van der Waals surface area contributed by atoms with Crippen LogP contribution in [0.4, 0.5) is 0 Å². The van der Waals surface area contributed by atoms with E-state index in [-0.39, 0.29) is 12.0 Å². The van der Waals surface area contributed by atoms with Crippen molar-refractivity contribution >= 4 is 28.9 Å². The summed E-state index contributed by atoms with van der Waals surface area (Å²) < 4.78 is 4.52. The zero-order valence-corrected chi connectivity index (χ0v) is 9.40. The first kappa shape index (κ1) is 11.5. The zero-order valence-electron chi connectivity index (χ0n) is 7.83. The summed E-state index contributed by atoms with van der Waals surface area (Å²) in [6.07, 6.45) is 0.927. The summed E-state index contributed by atoms with van der Waals surface area (Å²) in [4.78, 5) is 11.9. The van der Waals surface area contributed by atoms with E-state index in [2.05, 4.69) is 4.74 Å². The van der Waals surface area contributed by atoms with Crippen molar-refractivity contribution in [3.8, 4) is 0 Å². The highest BCUT2D eigenvalue weighted by Gasteiger charge is 2.11. The van der Waals surface area contributed by atoms with Gasteiger partial charge in [-0.2, -0.15) is 0 Å². The van der Waals surface area contributed by atoms with Crippen molar-refractivity contribution in [1.82, 2.24) is 0 Å². The van der Waals surface area contributed by atoms with Gasteiger partial charge in [0.2, 0.25) is 0 Å². The number of carbonyl (C=O) groups is 1. The Kier molecular flexibility index (Phi) is 4.38. The molecule has 1 aromatic rings. The van der Waals surface area contributed by atoms with Crippen molar-refractivity contribution in [3.05, 3.63) is 21.3 Å². The molecule has 5 heteroatoms. The van der Waals surface area contributed by atoms with E-state index in [1.807, 2.05) is 11.4 Å². The summed E-state index contributed by atoms with van der Waals surface area (Å²) in [6, 6.07) is 1.69. The van der Waals surface area contributed by atoms with Crippen molar-refractivity contribution in [2.45, 2.75) is 18.9 Å². The molecule has 0 amide bonds. The van der Waals surface area contributed by atoms with Crippen LogP contribution in [0.2, 0.25) is 5.02 Å². The molecule has 14 heavy (non-hydrogen) atoms. The van der Waals surface area contributed by atoms with Gasteiger partial charge in [0.15, 0.2) is 0 Å². The molecular weight excluding hydrogens is 222 g/mol. The predicted octanol–water partition coefficient (Wildman–Crippen LogP) is 2.35. The number of hydrogen-bond donors (Lipinski definition) is 1. The molecule has 1 rings (SSSR count). The van der Waals surface area contributed by atoms with E-state index in [1.54, 1.807) is 0 Å². The van der Waals surface area contributed by atoms with E-state index >= 15 is 0 Å². The zero-order chi connectivity index (χ0) is 10.6.